The predicted octanol–water partition coefficient (Wildman–Crippen LogP) is 4.46. The van der Waals surface area contributed by atoms with Crippen molar-refractivity contribution in [1.29, 1.82) is 5.26 Å². The van der Waals surface area contributed by atoms with Crippen molar-refractivity contribution in [2.45, 2.75) is 11.7 Å². The summed E-state index contributed by atoms with van der Waals surface area (Å²) in [5.74, 6) is 0. The van der Waals surface area contributed by atoms with Crippen LogP contribution in [-0.4, -0.2) is 31.6 Å². The summed E-state index contributed by atoms with van der Waals surface area (Å²) in [7, 11) is -0.979. The van der Waals surface area contributed by atoms with Crippen LogP contribution in [0.3, 0.4) is 0 Å². The molecule has 0 unspecified atom stereocenters. The molecule has 0 saturated heterocycles. The van der Waals surface area contributed by atoms with Gasteiger partial charge in [-0.2, -0.15) is 5.26 Å². The normalized spacial score (nSPS) is 13.3. The van der Waals surface area contributed by atoms with Crippen LogP contribution in [0.5, 0.6) is 0 Å². The van der Waals surface area contributed by atoms with Crippen molar-refractivity contribution in [2.75, 3.05) is 14.2 Å². The van der Waals surface area contributed by atoms with Gasteiger partial charge in [0.15, 0.2) is 6.04 Å². The van der Waals surface area contributed by atoms with E-state index >= 15 is 0 Å². The summed E-state index contributed by atoms with van der Waals surface area (Å²) in [6.07, 6.45) is 1.40. The highest BCUT2D eigenvalue weighted by molar-refractivity contribution is 7.54. The van der Waals surface area contributed by atoms with Crippen LogP contribution in [0.25, 0.3) is 0 Å². The third kappa shape index (κ3) is 4.36. The molecule has 0 radical (unpaired) electrons. The monoisotopic (exact) mass is 368 g/mol. The van der Waals surface area contributed by atoms with Crippen LogP contribution in [0.1, 0.15) is 11.1 Å². The second-order valence-electron chi connectivity index (χ2n) is 5.41. The maximum Gasteiger partial charge on any atom is 0.340 e. The molecule has 0 amide bonds. The number of benzene rings is 2. The molecule has 0 aliphatic rings. The zero-order valence-corrected chi connectivity index (χ0v) is 15.7. The van der Waals surface area contributed by atoms with Gasteiger partial charge in [0.25, 0.3) is 0 Å². The molecule has 5 nitrogen and oxygen atoms in total. The lowest BCUT2D eigenvalue weighted by atomic mass is 10.0. The van der Waals surface area contributed by atoms with Crippen molar-refractivity contribution < 1.29 is 13.6 Å². The Morgan fingerprint density at radius 2 is 1.54 bits per heavy atom. The van der Waals surface area contributed by atoms with Gasteiger partial charge in [-0.25, -0.2) is 0 Å². The van der Waals surface area contributed by atoms with Crippen molar-refractivity contribution in [1.82, 2.24) is 0 Å². The largest absolute Gasteiger partial charge is 0.340 e. The Labute approximate surface area is 154 Å². The van der Waals surface area contributed by atoms with Gasteiger partial charge in [0.1, 0.15) is 5.66 Å². The van der Waals surface area contributed by atoms with Crippen LogP contribution >= 0.6 is 7.60 Å². The van der Waals surface area contributed by atoms with Crippen LogP contribution in [-0.2, 0) is 13.6 Å². The molecule has 2 aromatic carbocycles. The molecule has 2 atom stereocenters. The Hall–Kier alpha value is -2.51. The molecule has 0 N–H and O–H groups in total. The number of rotatable bonds is 8. The molecular formula is C20H21N2O3P. The summed E-state index contributed by atoms with van der Waals surface area (Å²) in [4.78, 5) is 4.62. The summed E-state index contributed by atoms with van der Waals surface area (Å²) in [5, 5.41) is 9.69. The van der Waals surface area contributed by atoms with Crippen LogP contribution < -0.4 is 0 Å². The molecular weight excluding hydrogens is 347 g/mol. The Bertz CT molecular complexity index is 795. The van der Waals surface area contributed by atoms with E-state index in [9.17, 15) is 9.83 Å². The topological polar surface area (TPSA) is 71.7 Å². The Morgan fingerprint density at radius 1 is 1.08 bits per heavy atom. The van der Waals surface area contributed by atoms with E-state index in [1.807, 2.05) is 60.7 Å². The molecule has 6 heteroatoms. The molecule has 0 spiro atoms. The minimum atomic E-state index is -3.55. The van der Waals surface area contributed by atoms with Gasteiger partial charge < -0.3 is 9.05 Å². The SMILES string of the molecule is C=C[C@H]([C@H](C#N)N=C(c1ccccc1)c1ccccc1)P(=O)(OC)OC. The zero-order chi connectivity index (χ0) is 19.0. The molecule has 0 saturated carbocycles. The van der Waals surface area contributed by atoms with Crippen LogP contribution in [0.15, 0.2) is 78.3 Å². The number of hydrogen-bond donors (Lipinski definition) is 0. The van der Waals surface area contributed by atoms with E-state index in [0.717, 1.165) is 11.1 Å². The van der Waals surface area contributed by atoms with E-state index in [2.05, 4.69) is 17.6 Å². The van der Waals surface area contributed by atoms with Gasteiger partial charge >= 0.3 is 7.60 Å². The van der Waals surface area contributed by atoms with Gasteiger partial charge in [0.2, 0.25) is 0 Å². The molecule has 0 aliphatic heterocycles. The first-order valence-corrected chi connectivity index (χ1v) is 9.62. The molecule has 0 bridgehead atoms. The first-order valence-electron chi connectivity index (χ1n) is 8.01. The Morgan fingerprint density at radius 3 is 1.88 bits per heavy atom. The van der Waals surface area contributed by atoms with Crippen LogP contribution in [0.4, 0.5) is 0 Å². The quantitative estimate of drug-likeness (QED) is 0.392. The summed E-state index contributed by atoms with van der Waals surface area (Å²) < 4.78 is 22.9. The third-order valence-electron chi connectivity index (χ3n) is 3.93. The fourth-order valence-electron chi connectivity index (χ4n) is 2.58. The zero-order valence-electron chi connectivity index (χ0n) is 14.8. The second-order valence-corrected chi connectivity index (χ2v) is 7.82. The fraction of sp³-hybridized carbons (Fsp3) is 0.200. The number of aliphatic imine (C=N–C) groups is 1. The third-order valence-corrected chi connectivity index (χ3v) is 6.18. The first kappa shape index (κ1) is 19.8. The molecule has 0 aromatic heterocycles. The van der Waals surface area contributed by atoms with Crippen molar-refractivity contribution in [3.8, 4) is 6.07 Å². The highest BCUT2D eigenvalue weighted by Gasteiger charge is 2.38. The molecule has 0 heterocycles. The number of nitrogens with zero attached hydrogens (tertiary/aromatic N) is 2. The lowest BCUT2D eigenvalue weighted by molar-refractivity contribution is 0.268. The average molecular weight is 368 g/mol. The van der Waals surface area contributed by atoms with E-state index < -0.39 is 19.3 Å². The number of hydrogen-bond acceptors (Lipinski definition) is 5. The van der Waals surface area contributed by atoms with Crippen LogP contribution in [0, 0.1) is 11.3 Å². The van der Waals surface area contributed by atoms with Gasteiger partial charge in [-0.3, -0.25) is 9.56 Å². The van der Waals surface area contributed by atoms with Crippen molar-refractivity contribution in [3.63, 3.8) is 0 Å². The molecule has 26 heavy (non-hydrogen) atoms. The van der Waals surface area contributed by atoms with Gasteiger partial charge in [-0.05, 0) is 0 Å². The summed E-state index contributed by atoms with van der Waals surface area (Å²) in [6, 6.07) is 20.2. The van der Waals surface area contributed by atoms with Gasteiger partial charge in [-0.15, -0.1) is 6.58 Å². The fourth-order valence-corrected chi connectivity index (χ4v) is 3.95. The minimum Gasteiger partial charge on any atom is -0.311 e. The maximum absolute atomic E-state index is 12.8. The minimum absolute atomic E-state index is 0.628. The molecule has 2 rings (SSSR count). The van der Waals surface area contributed by atoms with E-state index in [4.69, 9.17) is 9.05 Å². The smallest absolute Gasteiger partial charge is 0.311 e. The van der Waals surface area contributed by atoms with E-state index in [1.54, 1.807) is 0 Å². The molecule has 134 valence electrons. The van der Waals surface area contributed by atoms with Gasteiger partial charge in [0, 0.05) is 25.3 Å². The van der Waals surface area contributed by atoms with Gasteiger partial charge in [0.05, 0.1) is 11.8 Å². The maximum atomic E-state index is 12.8. The van der Waals surface area contributed by atoms with Crippen LogP contribution in [0.2, 0.25) is 0 Å². The highest BCUT2D eigenvalue weighted by Crippen LogP contribution is 2.53. The first-order chi connectivity index (χ1) is 12.6. The van der Waals surface area contributed by atoms with E-state index in [0.29, 0.717) is 5.71 Å². The summed E-state index contributed by atoms with van der Waals surface area (Å²) in [5.41, 5.74) is 1.45. The lowest BCUT2D eigenvalue weighted by Crippen LogP contribution is -2.24. The summed E-state index contributed by atoms with van der Waals surface area (Å²) in [6.45, 7) is 3.69. The molecule has 0 aliphatic carbocycles. The summed E-state index contributed by atoms with van der Waals surface area (Å²) >= 11 is 0. The predicted molar refractivity (Wildman–Crippen MR) is 104 cm³/mol. The van der Waals surface area contributed by atoms with Crippen molar-refractivity contribution >= 4 is 13.3 Å². The molecule has 0 fully saturated rings. The van der Waals surface area contributed by atoms with Gasteiger partial charge in [-0.1, -0.05) is 66.7 Å². The lowest BCUT2D eigenvalue weighted by Gasteiger charge is -2.23. The second kappa shape index (κ2) is 9.26. The van der Waals surface area contributed by atoms with Crippen molar-refractivity contribution in [2.24, 2.45) is 4.99 Å². The highest BCUT2D eigenvalue weighted by atomic mass is 31.2. The standard InChI is InChI=1S/C20H21N2O3P/c1-4-19(26(23,24-2)25-3)18(15-21)22-20(16-11-7-5-8-12-16)17-13-9-6-10-14-17/h4-14,18-19H,1H2,2-3H3/t18-,19+/m0/s1. The van der Waals surface area contributed by atoms with E-state index in [1.165, 1.54) is 20.3 Å². The number of nitriles is 1. The molecule has 2 aromatic rings. The van der Waals surface area contributed by atoms with Crippen molar-refractivity contribution in [3.05, 3.63) is 84.4 Å². The Balaban J connectivity index is 2.59. The average Bonchev–Trinajstić information content (AvgIpc) is 2.72. The van der Waals surface area contributed by atoms with E-state index in [-0.39, 0.29) is 0 Å². The Kier molecular flexibility index (Phi) is 7.06.